The monoisotopic (exact) mass is 346 g/mol. The summed E-state index contributed by atoms with van der Waals surface area (Å²) in [5.41, 5.74) is 0.838. The third-order valence-electron chi connectivity index (χ3n) is 3.40. The van der Waals surface area contributed by atoms with E-state index in [0.29, 0.717) is 18.8 Å². The zero-order valence-electron chi connectivity index (χ0n) is 13.9. The van der Waals surface area contributed by atoms with Crippen LogP contribution in [0.2, 0.25) is 0 Å². The number of methoxy groups -OCH3 is 1. The first-order valence-electron chi connectivity index (χ1n) is 7.63. The normalized spacial score (nSPS) is 10.2. The van der Waals surface area contributed by atoms with Gasteiger partial charge in [-0.05, 0) is 29.8 Å². The number of aromatic hydroxyl groups is 1. The molecule has 2 aromatic carbocycles. The molecule has 0 bridgehead atoms. The van der Waals surface area contributed by atoms with Crippen molar-refractivity contribution in [3.8, 4) is 11.5 Å². The molecular formula is C18H22N2O3S. The molecule has 2 rings (SSSR count). The number of hydrogen-bond donors (Lipinski definition) is 2. The maximum Gasteiger partial charge on any atom is 0.317 e. The highest BCUT2D eigenvalue weighted by Crippen LogP contribution is 2.26. The number of benzene rings is 2. The molecule has 2 N–H and O–H groups in total. The van der Waals surface area contributed by atoms with Crippen molar-refractivity contribution in [1.82, 2.24) is 10.2 Å². The number of phenolic OH excluding ortho intramolecular Hbond substituents is 1. The lowest BCUT2D eigenvalue weighted by molar-refractivity contribution is 0.207. The molecule has 5 nitrogen and oxygen atoms in total. The van der Waals surface area contributed by atoms with Gasteiger partial charge in [-0.15, -0.1) is 11.8 Å². The van der Waals surface area contributed by atoms with Crippen molar-refractivity contribution in [2.24, 2.45) is 0 Å². The summed E-state index contributed by atoms with van der Waals surface area (Å²) in [6, 6.07) is 15.1. The van der Waals surface area contributed by atoms with Crippen LogP contribution in [0.4, 0.5) is 4.79 Å². The molecule has 0 saturated heterocycles. The van der Waals surface area contributed by atoms with E-state index in [1.807, 2.05) is 24.3 Å². The first-order chi connectivity index (χ1) is 11.6. The van der Waals surface area contributed by atoms with Crippen LogP contribution in [0.25, 0.3) is 0 Å². The SMILES string of the molecule is COc1ccc(CN(C)C(=O)NCCSc2ccccc2)cc1O. The number of carbonyl (C=O) groups excluding carboxylic acids is 1. The molecule has 0 radical (unpaired) electrons. The second kappa shape index (κ2) is 9.08. The van der Waals surface area contributed by atoms with Crippen LogP contribution in [0.1, 0.15) is 5.56 Å². The summed E-state index contributed by atoms with van der Waals surface area (Å²) in [6.45, 7) is 1.01. The minimum absolute atomic E-state index is 0.0723. The van der Waals surface area contributed by atoms with E-state index in [1.165, 1.54) is 12.0 Å². The number of carbonyl (C=O) groups is 1. The predicted octanol–water partition coefficient (Wildman–Crippen LogP) is 3.33. The molecule has 6 heteroatoms. The van der Waals surface area contributed by atoms with Gasteiger partial charge in [-0.25, -0.2) is 4.79 Å². The molecule has 2 aromatic rings. The van der Waals surface area contributed by atoms with Crippen LogP contribution in [0.3, 0.4) is 0 Å². The van der Waals surface area contributed by atoms with Crippen LogP contribution in [0, 0.1) is 0 Å². The van der Waals surface area contributed by atoms with Crippen molar-refractivity contribution in [1.29, 1.82) is 0 Å². The molecule has 0 heterocycles. The number of nitrogens with zero attached hydrogens (tertiary/aromatic N) is 1. The van der Waals surface area contributed by atoms with Crippen LogP contribution < -0.4 is 10.1 Å². The molecular weight excluding hydrogens is 324 g/mol. The Bertz CT molecular complexity index is 665. The number of rotatable bonds is 7. The molecule has 0 fully saturated rings. The summed E-state index contributed by atoms with van der Waals surface area (Å²) in [6.07, 6.45) is 0. The molecule has 2 amide bonds. The second-order valence-electron chi connectivity index (χ2n) is 5.26. The fraction of sp³-hybridized carbons (Fsp3) is 0.278. The standard InChI is InChI=1S/C18H22N2O3S/c1-20(13-14-8-9-17(23-2)16(21)12-14)18(22)19-10-11-24-15-6-4-3-5-7-15/h3-9,12,21H,10-11,13H2,1-2H3,(H,19,22). The number of hydrogen-bond acceptors (Lipinski definition) is 4. The van der Waals surface area contributed by atoms with Gasteiger partial charge in [0.05, 0.1) is 7.11 Å². The number of phenols is 1. The molecule has 0 aliphatic carbocycles. The van der Waals surface area contributed by atoms with Gasteiger partial charge in [-0.1, -0.05) is 24.3 Å². The summed E-state index contributed by atoms with van der Waals surface area (Å²) in [7, 11) is 3.22. The minimum atomic E-state index is -0.140. The summed E-state index contributed by atoms with van der Waals surface area (Å²) < 4.78 is 5.01. The molecule has 0 spiro atoms. The summed E-state index contributed by atoms with van der Waals surface area (Å²) in [5.74, 6) is 1.30. The fourth-order valence-electron chi connectivity index (χ4n) is 2.16. The summed E-state index contributed by atoms with van der Waals surface area (Å²) in [4.78, 5) is 14.9. The lowest BCUT2D eigenvalue weighted by Crippen LogP contribution is -2.37. The van der Waals surface area contributed by atoms with Gasteiger partial charge in [0, 0.05) is 30.8 Å². The Morgan fingerprint density at radius 1 is 1.25 bits per heavy atom. The Hall–Kier alpha value is -2.34. The number of amides is 2. The first-order valence-corrected chi connectivity index (χ1v) is 8.61. The summed E-state index contributed by atoms with van der Waals surface area (Å²) in [5, 5.41) is 12.7. The van der Waals surface area contributed by atoms with Crippen LogP contribution in [0.15, 0.2) is 53.4 Å². The molecule has 0 aliphatic rings. The van der Waals surface area contributed by atoms with E-state index >= 15 is 0 Å². The van der Waals surface area contributed by atoms with Gasteiger partial charge in [-0.2, -0.15) is 0 Å². The van der Waals surface area contributed by atoms with Crippen molar-refractivity contribution in [2.45, 2.75) is 11.4 Å². The van der Waals surface area contributed by atoms with Gasteiger partial charge in [-0.3, -0.25) is 0 Å². The third-order valence-corrected chi connectivity index (χ3v) is 4.41. The number of thioether (sulfide) groups is 1. The smallest absolute Gasteiger partial charge is 0.317 e. The van der Waals surface area contributed by atoms with E-state index in [0.717, 1.165) is 11.3 Å². The number of nitrogens with one attached hydrogen (secondary N) is 1. The quantitative estimate of drug-likeness (QED) is 0.596. The maximum atomic E-state index is 12.1. The van der Waals surface area contributed by atoms with Gasteiger partial charge in [0.1, 0.15) is 0 Å². The molecule has 128 valence electrons. The van der Waals surface area contributed by atoms with Gasteiger partial charge in [0.25, 0.3) is 0 Å². The Labute approximate surface area is 146 Å². The van der Waals surface area contributed by atoms with Crippen molar-refractivity contribution in [3.05, 3.63) is 54.1 Å². The first kappa shape index (κ1) is 18.0. The zero-order valence-corrected chi connectivity index (χ0v) is 14.7. The van der Waals surface area contributed by atoms with Crippen LogP contribution in [0.5, 0.6) is 11.5 Å². The Morgan fingerprint density at radius 3 is 2.67 bits per heavy atom. The Kier molecular flexibility index (Phi) is 6.81. The lowest BCUT2D eigenvalue weighted by atomic mass is 10.2. The predicted molar refractivity (Wildman–Crippen MR) is 96.7 cm³/mol. The van der Waals surface area contributed by atoms with Gasteiger partial charge in [0.2, 0.25) is 0 Å². The molecule has 0 saturated carbocycles. The molecule has 0 aromatic heterocycles. The molecule has 0 aliphatic heterocycles. The molecule has 24 heavy (non-hydrogen) atoms. The highest BCUT2D eigenvalue weighted by atomic mass is 32.2. The summed E-state index contributed by atoms with van der Waals surface area (Å²) >= 11 is 1.70. The molecule has 0 atom stereocenters. The van der Waals surface area contributed by atoms with Crippen molar-refractivity contribution in [3.63, 3.8) is 0 Å². The topological polar surface area (TPSA) is 61.8 Å². The highest BCUT2D eigenvalue weighted by molar-refractivity contribution is 7.99. The molecule has 0 unspecified atom stereocenters. The number of urea groups is 1. The zero-order chi connectivity index (χ0) is 17.4. The lowest BCUT2D eigenvalue weighted by Gasteiger charge is -2.18. The third kappa shape index (κ3) is 5.38. The van der Waals surface area contributed by atoms with Crippen LogP contribution >= 0.6 is 11.8 Å². The van der Waals surface area contributed by atoms with E-state index in [4.69, 9.17) is 4.74 Å². The van der Waals surface area contributed by atoms with E-state index in [9.17, 15) is 9.90 Å². The maximum absolute atomic E-state index is 12.1. The van der Waals surface area contributed by atoms with Gasteiger partial charge >= 0.3 is 6.03 Å². The van der Waals surface area contributed by atoms with Crippen LogP contribution in [-0.4, -0.2) is 42.5 Å². The van der Waals surface area contributed by atoms with E-state index in [1.54, 1.807) is 35.8 Å². The van der Waals surface area contributed by atoms with Crippen molar-refractivity contribution < 1.29 is 14.6 Å². The number of ether oxygens (including phenoxy) is 1. The van der Waals surface area contributed by atoms with Gasteiger partial charge < -0.3 is 20.1 Å². The Balaban J connectivity index is 1.74. The van der Waals surface area contributed by atoms with E-state index in [2.05, 4.69) is 17.4 Å². The van der Waals surface area contributed by atoms with Crippen LogP contribution in [-0.2, 0) is 6.54 Å². The second-order valence-corrected chi connectivity index (χ2v) is 6.42. The largest absolute Gasteiger partial charge is 0.504 e. The van der Waals surface area contributed by atoms with Crippen molar-refractivity contribution in [2.75, 3.05) is 26.5 Å². The van der Waals surface area contributed by atoms with Gasteiger partial charge in [0.15, 0.2) is 11.5 Å². The fourth-order valence-corrected chi connectivity index (χ4v) is 2.95. The Morgan fingerprint density at radius 2 is 2.00 bits per heavy atom. The average Bonchev–Trinajstić information content (AvgIpc) is 2.59. The van der Waals surface area contributed by atoms with E-state index < -0.39 is 0 Å². The average molecular weight is 346 g/mol. The van der Waals surface area contributed by atoms with E-state index in [-0.39, 0.29) is 11.8 Å². The van der Waals surface area contributed by atoms with Crippen molar-refractivity contribution >= 4 is 17.8 Å². The minimum Gasteiger partial charge on any atom is -0.504 e. The highest BCUT2D eigenvalue weighted by Gasteiger charge is 2.10.